The Morgan fingerprint density at radius 2 is 1.79 bits per heavy atom. The van der Waals surface area contributed by atoms with Crippen LogP contribution in [0, 0.1) is 17.2 Å². The Morgan fingerprint density at radius 1 is 1.12 bits per heavy atom. The minimum Gasteiger partial charge on any atom is -0.450 e. The molecule has 1 unspecified atom stereocenters. The van der Waals surface area contributed by atoms with Gasteiger partial charge in [-0.2, -0.15) is 5.26 Å². The second-order valence-electron chi connectivity index (χ2n) is 9.73. The van der Waals surface area contributed by atoms with Crippen molar-refractivity contribution in [3.63, 3.8) is 0 Å². The molecule has 1 atom stereocenters. The maximum Gasteiger partial charge on any atom is 0.413 e. The van der Waals surface area contributed by atoms with Crippen molar-refractivity contribution in [3.8, 4) is 6.07 Å². The van der Waals surface area contributed by atoms with E-state index in [-0.39, 0.29) is 12.5 Å². The average Bonchev–Trinajstić information content (AvgIpc) is 3.35. The Balaban J connectivity index is 1.82. The Bertz CT molecular complexity index is 729. The number of hydrogen-bond acceptors (Lipinski definition) is 6. The molecule has 0 aromatic rings. The minimum atomic E-state index is -0.855. The summed E-state index contributed by atoms with van der Waals surface area (Å²) in [6.07, 6.45) is 9.12. The van der Waals surface area contributed by atoms with E-state index in [1.165, 1.54) is 19.3 Å². The van der Waals surface area contributed by atoms with E-state index < -0.39 is 17.7 Å². The highest BCUT2D eigenvalue weighted by molar-refractivity contribution is 5.96. The molecule has 0 aromatic heterocycles. The van der Waals surface area contributed by atoms with Crippen LogP contribution >= 0.6 is 0 Å². The SMILES string of the molecule is CCOC(=O)N/C(=N/C(CC1CCCCC1)C(=O)NC1(C#N)CCN(C)CC1)N1CCCC1. The number of alkyl carbamates (subject to hydrolysis) is 1. The molecule has 2 saturated heterocycles. The van der Waals surface area contributed by atoms with Crippen molar-refractivity contribution in [2.75, 3.05) is 39.8 Å². The molecule has 3 rings (SSSR count). The van der Waals surface area contributed by atoms with Crippen LogP contribution < -0.4 is 10.6 Å². The van der Waals surface area contributed by atoms with Crippen LogP contribution in [0.2, 0.25) is 0 Å². The van der Waals surface area contributed by atoms with Gasteiger partial charge in [-0.3, -0.25) is 10.1 Å². The molecule has 9 nitrogen and oxygen atoms in total. The lowest BCUT2D eigenvalue weighted by Crippen LogP contribution is -2.56. The van der Waals surface area contributed by atoms with Crippen LogP contribution in [0.5, 0.6) is 0 Å². The number of amides is 2. The fourth-order valence-corrected chi connectivity index (χ4v) is 5.07. The zero-order valence-electron chi connectivity index (χ0n) is 20.3. The fourth-order valence-electron chi connectivity index (χ4n) is 5.07. The highest BCUT2D eigenvalue weighted by atomic mass is 16.5. The van der Waals surface area contributed by atoms with Gasteiger partial charge in [-0.1, -0.05) is 32.1 Å². The van der Waals surface area contributed by atoms with E-state index in [0.29, 0.717) is 31.1 Å². The zero-order valence-corrected chi connectivity index (χ0v) is 20.3. The monoisotopic (exact) mass is 460 g/mol. The van der Waals surface area contributed by atoms with Gasteiger partial charge in [0, 0.05) is 26.2 Å². The molecule has 0 bridgehead atoms. The predicted octanol–water partition coefficient (Wildman–Crippen LogP) is 2.63. The second-order valence-corrected chi connectivity index (χ2v) is 9.73. The number of likely N-dealkylation sites (tertiary alicyclic amines) is 2. The highest BCUT2D eigenvalue weighted by Gasteiger charge is 2.38. The summed E-state index contributed by atoms with van der Waals surface area (Å²) in [6, 6.07) is 1.73. The summed E-state index contributed by atoms with van der Waals surface area (Å²) in [5, 5.41) is 15.8. The smallest absolute Gasteiger partial charge is 0.413 e. The van der Waals surface area contributed by atoms with E-state index >= 15 is 0 Å². The summed E-state index contributed by atoms with van der Waals surface area (Å²) in [4.78, 5) is 34.8. The van der Waals surface area contributed by atoms with Gasteiger partial charge in [-0.15, -0.1) is 0 Å². The summed E-state index contributed by atoms with van der Waals surface area (Å²) in [5.74, 6) is 0.626. The Kier molecular flexibility index (Phi) is 9.36. The van der Waals surface area contributed by atoms with E-state index in [1.807, 2.05) is 11.9 Å². The molecule has 2 amide bonds. The fraction of sp³-hybridized carbons (Fsp3) is 0.833. The first-order valence-corrected chi connectivity index (χ1v) is 12.6. The topological polar surface area (TPSA) is 110 Å². The number of nitrogens with one attached hydrogen (secondary N) is 2. The van der Waals surface area contributed by atoms with Crippen LogP contribution in [0.15, 0.2) is 4.99 Å². The van der Waals surface area contributed by atoms with E-state index in [2.05, 4.69) is 21.6 Å². The van der Waals surface area contributed by atoms with Gasteiger partial charge >= 0.3 is 6.09 Å². The number of nitrogens with zero attached hydrogens (tertiary/aromatic N) is 4. The first kappa shape index (κ1) is 25.3. The average molecular weight is 461 g/mol. The molecule has 0 spiro atoms. The molecule has 9 heteroatoms. The Morgan fingerprint density at radius 3 is 2.39 bits per heavy atom. The molecule has 0 aromatic carbocycles. The molecule has 2 heterocycles. The Hall–Kier alpha value is -2.34. The van der Waals surface area contributed by atoms with E-state index in [9.17, 15) is 14.9 Å². The number of piperidine rings is 1. The van der Waals surface area contributed by atoms with Gasteiger partial charge in [-0.25, -0.2) is 9.79 Å². The molecular weight excluding hydrogens is 420 g/mol. The van der Waals surface area contributed by atoms with Crippen molar-refractivity contribution in [1.29, 1.82) is 5.26 Å². The number of hydrogen-bond donors (Lipinski definition) is 2. The first-order chi connectivity index (χ1) is 15.9. The lowest BCUT2D eigenvalue weighted by atomic mass is 9.84. The van der Waals surface area contributed by atoms with Crippen LogP contribution in [-0.2, 0) is 9.53 Å². The van der Waals surface area contributed by atoms with Crippen LogP contribution in [0.3, 0.4) is 0 Å². The van der Waals surface area contributed by atoms with Crippen molar-refractivity contribution < 1.29 is 14.3 Å². The molecule has 3 aliphatic rings. The Labute approximate surface area is 197 Å². The third-order valence-electron chi connectivity index (χ3n) is 7.17. The van der Waals surface area contributed by atoms with Crippen molar-refractivity contribution in [2.45, 2.75) is 82.7 Å². The van der Waals surface area contributed by atoms with Crippen molar-refractivity contribution in [2.24, 2.45) is 10.9 Å². The summed E-state index contributed by atoms with van der Waals surface area (Å²) in [6.45, 7) is 5.15. The summed E-state index contributed by atoms with van der Waals surface area (Å²) < 4.78 is 5.08. The van der Waals surface area contributed by atoms with E-state index in [1.54, 1.807) is 6.92 Å². The highest BCUT2D eigenvalue weighted by Crippen LogP contribution is 2.29. The molecule has 1 saturated carbocycles. The molecule has 33 heavy (non-hydrogen) atoms. The lowest BCUT2D eigenvalue weighted by molar-refractivity contribution is -0.124. The normalized spacial score (nSPS) is 22.9. The van der Waals surface area contributed by atoms with Crippen molar-refractivity contribution in [3.05, 3.63) is 0 Å². The van der Waals surface area contributed by atoms with Gasteiger partial charge in [0.2, 0.25) is 11.9 Å². The van der Waals surface area contributed by atoms with Crippen LogP contribution in [0.1, 0.15) is 71.1 Å². The van der Waals surface area contributed by atoms with Gasteiger partial charge in [0.1, 0.15) is 11.6 Å². The molecule has 1 aliphatic carbocycles. The first-order valence-electron chi connectivity index (χ1n) is 12.6. The number of nitriles is 1. The summed E-state index contributed by atoms with van der Waals surface area (Å²) >= 11 is 0. The van der Waals surface area contributed by atoms with Crippen molar-refractivity contribution in [1.82, 2.24) is 20.4 Å². The van der Waals surface area contributed by atoms with Gasteiger partial charge in [0.05, 0.1) is 12.7 Å². The summed E-state index contributed by atoms with van der Waals surface area (Å²) in [5.41, 5.74) is -0.855. The van der Waals surface area contributed by atoms with Gasteiger partial charge < -0.3 is 19.9 Å². The van der Waals surface area contributed by atoms with E-state index in [0.717, 1.165) is 51.9 Å². The largest absolute Gasteiger partial charge is 0.450 e. The standard InChI is InChI=1S/C24H40N6O3/c1-3-33-23(32)27-22(30-13-7-8-14-30)26-20(17-19-9-5-4-6-10-19)21(31)28-24(18-25)11-15-29(2)16-12-24/h19-20H,3-17H2,1-2H3,(H,28,31)(H,26,27,32). The molecule has 0 radical (unpaired) electrons. The van der Waals surface area contributed by atoms with Crippen LogP contribution in [0.4, 0.5) is 4.79 Å². The molecule has 2 aliphatic heterocycles. The maximum atomic E-state index is 13.5. The van der Waals surface area contributed by atoms with Gasteiger partial charge in [-0.05, 0) is 52.0 Å². The number of rotatable bonds is 6. The van der Waals surface area contributed by atoms with E-state index in [4.69, 9.17) is 9.73 Å². The number of aliphatic imine (C=N–C) groups is 1. The molecular formula is C24H40N6O3. The molecule has 184 valence electrons. The maximum absolute atomic E-state index is 13.5. The van der Waals surface area contributed by atoms with Gasteiger partial charge in [0.15, 0.2) is 0 Å². The van der Waals surface area contributed by atoms with Gasteiger partial charge in [0.25, 0.3) is 0 Å². The van der Waals surface area contributed by atoms with Crippen LogP contribution in [-0.4, -0.2) is 79.2 Å². The number of guanidine groups is 1. The third-order valence-corrected chi connectivity index (χ3v) is 7.17. The third kappa shape index (κ3) is 7.32. The number of carbonyl (C=O) groups excluding carboxylic acids is 2. The summed E-state index contributed by atoms with van der Waals surface area (Å²) in [7, 11) is 2.03. The molecule has 2 N–H and O–H groups in total. The minimum absolute atomic E-state index is 0.214. The predicted molar refractivity (Wildman–Crippen MR) is 127 cm³/mol. The quantitative estimate of drug-likeness (QED) is 0.466. The zero-order chi connectivity index (χ0) is 23.7. The van der Waals surface area contributed by atoms with Crippen molar-refractivity contribution >= 4 is 18.0 Å². The number of ether oxygens (including phenoxy) is 1. The van der Waals surface area contributed by atoms with Crippen LogP contribution in [0.25, 0.3) is 0 Å². The number of carbonyl (C=O) groups is 2. The molecule has 3 fully saturated rings. The second kappa shape index (κ2) is 12.2. The lowest BCUT2D eigenvalue weighted by Gasteiger charge is -2.37.